The van der Waals surface area contributed by atoms with E-state index in [2.05, 4.69) is 0 Å². The number of rotatable bonds is 1. The molecular weight excluding hydrogens is 194 g/mol. The molecule has 0 bridgehead atoms. The SMILES string of the molecule is CC(C)(O)C1C(=O)N2C1CCOC2(C)C. The smallest absolute Gasteiger partial charge is 0.233 e. The van der Waals surface area contributed by atoms with Gasteiger partial charge in [0.05, 0.1) is 24.2 Å². The van der Waals surface area contributed by atoms with Gasteiger partial charge in [0.2, 0.25) is 5.91 Å². The molecule has 0 aliphatic carbocycles. The zero-order valence-electron chi connectivity index (χ0n) is 9.78. The lowest BCUT2D eigenvalue weighted by atomic mass is 9.73. The Kier molecular flexibility index (Phi) is 2.14. The molecule has 0 radical (unpaired) electrons. The average Bonchev–Trinajstić information content (AvgIpc) is 1.97. The van der Waals surface area contributed by atoms with E-state index in [1.807, 2.05) is 13.8 Å². The quantitative estimate of drug-likeness (QED) is 0.654. The molecule has 4 heteroatoms. The Morgan fingerprint density at radius 2 is 2.13 bits per heavy atom. The number of β-lactam (4-membered cyclic amide) rings is 1. The van der Waals surface area contributed by atoms with Crippen LogP contribution in [0.5, 0.6) is 0 Å². The monoisotopic (exact) mass is 213 g/mol. The molecule has 0 saturated carbocycles. The standard InChI is InChI=1S/C11H19NO3/c1-10(2,14)8-7-5-6-15-11(3,4)12(7)9(8)13/h7-8,14H,5-6H2,1-4H3. The second-order valence-corrected chi connectivity index (χ2v) is 5.49. The zero-order valence-corrected chi connectivity index (χ0v) is 9.78. The third-order valence-corrected chi connectivity index (χ3v) is 3.43. The van der Waals surface area contributed by atoms with Crippen LogP contribution in [-0.2, 0) is 9.53 Å². The predicted molar refractivity (Wildman–Crippen MR) is 55.1 cm³/mol. The first-order valence-electron chi connectivity index (χ1n) is 5.44. The van der Waals surface area contributed by atoms with Crippen molar-refractivity contribution in [2.45, 2.75) is 51.5 Å². The van der Waals surface area contributed by atoms with Crippen molar-refractivity contribution in [2.75, 3.05) is 6.61 Å². The van der Waals surface area contributed by atoms with Gasteiger partial charge in [-0.15, -0.1) is 0 Å². The van der Waals surface area contributed by atoms with Crippen LogP contribution in [-0.4, -0.2) is 39.9 Å². The predicted octanol–water partition coefficient (Wildman–Crippen LogP) is 0.741. The average molecular weight is 213 g/mol. The fourth-order valence-corrected chi connectivity index (χ4v) is 2.78. The minimum Gasteiger partial charge on any atom is -0.390 e. The first-order chi connectivity index (χ1) is 6.75. The van der Waals surface area contributed by atoms with Crippen LogP contribution in [0.4, 0.5) is 0 Å². The number of carbonyl (C=O) groups is 1. The third kappa shape index (κ3) is 1.47. The topological polar surface area (TPSA) is 49.8 Å². The highest BCUT2D eigenvalue weighted by Gasteiger charge is 2.59. The van der Waals surface area contributed by atoms with Gasteiger partial charge in [0.15, 0.2) is 0 Å². The molecule has 2 fully saturated rings. The van der Waals surface area contributed by atoms with E-state index in [0.717, 1.165) is 6.42 Å². The Morgan fingerprint density at radius 1 is 1.53 bits per heavy atom. The van der Waals surface area contributed by atoms with Crippen molar-refractivity contribution in [2.24, 2.45) is 5.92 Å². The zero-order chi connectivity index (χ0) is 11.4. The number of carbonyl (C=O) groups excluding carboxylic acids is 1. The summed E-state index contributed by atoms with van der Waals surface area (Å²) in [5, 5.41) is 9.93. The van der Waals surface area contributed by atoms with Crippen molar-refractivity contribution < 1.29 is 14.6 Å². The molecular formula is C11H19NO3. The number of ether oxygens (including phenoxy) is 1. The fourth-order valence-electron chi connectivity index (χ4n) is 2.78. The van der Waals surface area contributed by atoms with Gasteiger partial charge in [-0.05, 0) is 34.1 Å². The number of hydrogen-bond acceptors (Lipinski definition) is 3. The molecule has 0 aromatic heterocycles. The summed E-state index contributed by atoms with van der Waals surface area (Å²) in [5.41, 5.74) is -1.44. The summed E-state index contributed by atoms with van der Waals surface area (Å²) in [7, 11) is 0. The maximum absolute atomic E-state index is 11.9. The summed E-state index contributed by atoms with van der Waals surface area (Å²) in [4.78, 5) is 13.7. The normalized spacial score (nSPS) is 34.7. The van der Waals surface area contributed by atoms with Crippen LogP contribution in [0.15, 0.2) is 0 Å². The molecule has 0 spiro atoms. The van der Waals surface area contributed by atoms with E-state index in [9.17, 15) is 9.90 Å². The summed E-state index contributed by atoms with van der Waals surface area (Å²) in [6.07, 6.45) is 0.823. The van der Waals surface area contributed by atoms with Crippen molar-refractivity contribution >= 4 is 5.91 Å². The lowest BCUT2D eigenvalue weighted by Gasteiger charge is -2.60. The van der Waals surface area contributed by atoms with Gasteiger partial charge in [0.1, 0.15) is 5.72 Å². The first-order valence-corrected chi connectivity index (χ1v) is 5.44. The Morgan fingerprint density at radius 3 is 2.67 bits per heavy atom. The van der Waals surface area contributed by atoms with E-state index in [0.29, 0.717) is 6.61 Å². The van der Waals surface area contributed by atoms with E-state index in [1.54, 1.807) is 18.7 Å². The second-order valence-electron chi connectivity index (χ2n) is 5.49. The van der Waals surface area contributed by atoms with E-state index < -0.39 is 11.3 Å². The van der Waals surface area contributed by atoms with Gasteiger partial charge in [-0.2, -0.15) is 0 Å². The van der Waals surface area contributed by atoms with Gasteiger partial charge in [0, 0.05) is 0 Å². The molecule has 0 aromatic carbocycles. The van der Waals surface area contributed by atoms with E-state index >= 15 is 0 Å². The Labute approximate surface area is 90.2 Å². The molecule has 1 N–H and O–H groups in total. The van der Waals surface area contributed by atoms with Gasteiger partial charge in [-0.25, -0.2) is 0 Å². The molecule has 4 nitrogen and oxygen atoms in total. The van der Waals surface area contributed by atoms with E-state index in [-0.39, 0.29) is 17.9 Å². The fraction of sp³-hybridized carbons (Fsp3) is 0.909. The number of nitrogens with zero attached hydrogens (tertiary/aromatic N) is 1. The minimum atomic E-state index is -0.925. The molecule has 2 heterocycles. The summed E-state index contributed by atoms with van der Waals surface area (Å²) in [6, 6.07) is 0.140. The number of aliphatic hydroxyl groups is 1. The number of amides is 1. The lowest BCUT2D eigenvalue weighted by Crippen LogP contribution is -2.75. The van der Waals surface area contributed by atoms with E-state index in [4.69, 9.17) is 4.74 Å². The lowest BCUT2D eigenvalue weighted by molar-refractivity contribution is -0.248. The van der Waals surface area contributed by atoms with Crippen molar-refractivity contribution in [3.8, 4) is 0 Å². The molecule has 2 unspecified atom stereocenters. The van der Waals surface area contributed by atoms with Crippen LogP contribution in [0.3, 0.4) is 0 Å². The number of fused-ring (bicyclic) bond motifs is 1. The highest BCUT2D eigenvalue weighted by molar-refractivity contribution is 5.88. The number of hydrogen-bond donors (Lipinski definition) is 1. The molecule has 0 aromatic rings. The van der Waals surface area contributed by atoms with Crippen LogP contribution >= 0.6 is 0 Å². The van der Waals surface area contributed by atoms with Crippen LogP contribution in [0.25, 0.3) is 0 Å². The van der Waals surface area contributed by atoms with Gasteiger partial charge < -0.3 is 14.7 Å². The van der Waals surface area contributed by atoms with Crippen LogP contribution < -0.4 is 0 Å². The van der Waals surface area contributed by atoms with Crippen molar-refractivity contribution in [3.05, 3.63) is 0 Å². The molecule has 1 amide bonds. The van der Waals surface area contributed by atoms with Crippen molar-refractivity contribution in [1.29, 1.82) is 0 Å². The van der Waals surface area contributed by atoms with Crippen LogP contribution in [0.2, 0.25) is 0 Å². The van der Waals surface area contributed by atoms with E-state index in [1.165, 1.54) is 0 Å². The van der Waals surface area contributed by atoms with Gasteiger partial charge >= 0.3 is 0 Å². The maximum Gasteiger partial charge on any atom is 0.233 e. The van der Waals surface area contributed by atoms with Crippen molar-refractivity contribution in [3.63, 3.8) is 0 Å². The van der Waals surface area contributed by atoms with Gasteiger partial charge in [-0.1, -0.05) is 0 Å². The van der Waals surface area contributed by atoms with Gasteiger partial charge in [0.25, 0.3) is 0 Å². The summed E-state index contributed by atoms with van der Waals surface area (Å²) in [6.45, 7) is 7.87. The highest BCUT2D eigenvalue weighted by Crippen LogP contribution is 2.44. The summed E-state index contributed by atoms with van der Waals surface area (Å²) < 4.78 is 5.55. The molecule has 2 atom stereocenters. The highest BCUT2D eigenvalue weighted by atomic mass is 16.5. The summed E-state index contributed by atoms with van der Waals surface area (Å²) in [5.74, 6) is -0.252. The molecule has 2 saturated heterocycles. The third-order valence-electron chi connectivity index (χ3n) is 3.43. The maximum atomic E-state index is 11.9. The Balaban J connectivity index is 2.22. The second kappa shape index (κ2) is 2.95. The molecule has 15 heavy (non-hydrogen) atoms. The van der Waals surface area contributed by atoms with Gasteiger partial charge in [-0.3, -0.25) is 4.79 Å². The Bertz CT molecular complexity index is 285. The first kappa shape index (κ1) is 10.9. The molecule has 86 valence electrons. The molecule has 2 aliphatic heterocycles. The minimum absolute atomic E-state index is 0.0113. The van der Waals surface area contributed by atoms with Crippen molar-refractivity contribution in [1.82, 2.24) is 4.90 Å². The Hall–Kier alpha value is -0.610. The summed E-state index contributed by atoms with van der Waals surface area (Å²) >= 11 is 0. The van der Waals surface area contributed by atoms with Crippen LogP contribution in [0.1, 0.15) is 34.1 Å². The van der Waals surface area contributed by atoms with Crippen LogP contribution in [0, 0.1) is 5.92 Å². The molecule has 2 aliphatic rings. The molecule has 2 rings (SSSR count). The largest absolute Gasteiger partial charge is 0.390 e.